The minimum Gasteiger partial charge on any atom is -0.366 e. The molecule has 0 saturated carbocycles. The van der Waals surface area contributed by atoms with Crippen LogP contribution in [0.1, 0.15) is 48.5 Å². The Morgan fingerprint density at radius 2 is 2.09 bits per heavy atom. The van der Waals surface area contributed by atoms with Crippen LogP contribution in [-0.2, 0) is 9.84 Å². The second kappa shape index (κ2) is 5.34. The molecule has 3 rings (SSSR count). The number of carbonyl (C=O) groups excluding carboxylic acids is 1. The van der Waals surface area contributed by atoms with Crippen molar-refractivity contribution in [1.29, 1.82) is 0 Å². The number of rotatable bonds is 2. The number of hydrogen-bond acceptors (Lipinski definition) is 3. The highest BCUT2D eigenvalue weighted by molar-refractivity contribution is 9.10. The molecule has 0 radical (unpaired) electrons. The van der Waals surface area contributed by atoms with Gasteiger partial charge in [0.15, 0.2) is 9.84 Å². The van der Waals surface area contributed by atoms with Gasteiger partial charge in [-0.2, -0.15) is 0 Å². The van der Waals surface area contributed by atoms with Crippen LogP contribution < -0.4 is 5.73 Å². The van der Waals surface area contributed by atoms with Crippen molar-refractivity contribution in [3.63, 3.8) is 0 Å². The lowest BCUT2D eigenvalue weighted by Gasteiger charge is -2.34. The zero-order chi connectivity index (χ0) is 17.0. The van der Waals surface area contributed by atoms with Crippen LogP contribution in [0.3, 0.4) is 0 Å². The van der Waals surface area contributed by atoms with Crippen LogP contribution >= 0.6 is 15.9 Å². The molecule has 1 saturated heterocycles. The molecule has 1 aliphatic heterocycles. The van der Waals surface area contributed by atoms with Gasteiger partial charge in [0, 0.05) is 16.1 Å². The third-order valence-corrected chi connectivity index (χ3v) is 7.89. The average Bonchev–Trinajstić information content (AvgIpc) is 2.84. The summed E-state index contributed by atoms with van der Waals surface area (Å²) in [4.78, 5) is 14.8. The summed E-state index contributed by atoms with van der Waals surface area (Å²) in [6, 6.07) is 3.64. The van der Waals surface area contributed by atoms with Gasteiger partial charge in [0.05, 0.1) is 21.6 Å². The number of primary amides is 1. The molecule has 2 heterocycles. The van der Waals surface area contributed by atoms with Crippen LogP contribution in [0.2, 0.25) is 0 Å². The van der Waals surface area contributed by atoms with E-state index in [1.54, 1.807) is 19.9 Å². The molecule has 3 N–H and O–H groups in total. The molecule has 0 unspecified atom stereocenters. The second-order valence-corrected chi connectivity index (χ2v) is 10.4. The standard InChI is InChI=1S/C16H19BrN2O3S/c1-16(2)7-9(3-4-23(16,21)22)13-8-19-14-11(13)5-10(17)6-12(14)15(18)20/h5-6,8-9,19H,3-4,7H2,1-2H3,(H2,18,20)/t9-/m0/s1. The van der Waals surface area contributed by atoms with Gasteiger partial charge >= 0.3 is 0 Å². The Labute approximate surface area is 143 Å². The van der Waals surface area contributed by atoms with E-state index in [-0.39, 0.29) is 11.7 Å². The summed E-state index contributed by atoms with van der Waals surface area (Å²) in [6.45, 7) is 3.57. The zero-order valence-corrected chi connectivity index (χ0v) is 15.4. The van der Waals surface area contributed by atoms with E-state index >= 15 is 0 Å². The van der Waals surface area contributed by atoms with E-state index in [0.717, 1.165) is 15.4 Å². The number of halogens is 1. The van der Waals surface area contributed by atoms with Gasteiger partial charge in [-0.25, -0.2) is 8.42 Å². The molecule has 1 amide bonds. The highest BCUT2D eigenvalue weighted by Gasteiger charge is 2.41. The fourth-order valence-corrected chi connectivity index (χ4v) is 5.47. The zero-order valence-electron chi connectivity index (χ0n) is 13.0. The van der Waals surface area contributed by atoms with E-state index < -0.39 is 20.5 Å². The normalized spacial score (nSPS) is 23.0. The SMILES string of the molecule is CC1(C)C[C@@H](c2c[nH]c3c(C(N)=O)cc(Br)cc23)CCS1(=O)=O. The number of nitrogens with two attached hydrogens (primary N) is 1. The lowest BCUT2D eigenvalue weighted by atomic mass is 9.87. The predicted octanol–water partition coefficient (Wildman–Crippen LogP) is 3.10. The molecule has 1 aromatic heterocycles. The molecular formula is C16H19BrN2O3S. The van der Waals surface area contributed by atoms with E-state index in [9.17, 15) is 13.2 Å². The largest absolute Gasteiger partial charge is 0.366 e. The maximum absolute atomic E-state index is 12.2. The number of H-pyrrole nitrogens is 1. The first-order valence-electron chi connectivity index (χ1n) is 7.45. The van der Waals surface area contributed by atoms with Gasteiger partial charge in [-0.05, 0) is 50.3 Å². The molecule has 0 bridgehead atoms. The van der Waals surface area contributed by atoms with E-state index in [2.05, 4.69) is 20.9 Å². The van der Waals surface area contributed by atoms with Gasteiger partial charge in [-0.1, -0.05) is 15.9 Å². The van der Waals surface area contributed by atoms with Crippen LogP contribution in [0.25, 0.3) is 10.9 Å². The van der Waals surface area contributed by atoms with Gasteiger partial charge in [0.2, 0.25) is 0 Å². The Balaban J connectivity index is 2.10. The first kappa shape index (κ1) is 16.5. The first-order valence-corrected chi connectivity index (χ1v) is 9.89. The molecule has 1 aliphatic rings. The van der Waals surface area contributed by atoms with Crippen molar-refractivity contribution >= 4 is 42.6 Å². The molecule has 0 aliphatic carbocycles. The Hall–Kier alpha value is -1.34. The molecule has 7 heteroatoms. The van der Waals surface area contributed by atoms with Crippen molar-refractivity contribution in [3.8, 4) is 0 Å². The number of aromatic nitrogens is 1. The van der Waals surface area contributed by atoms with E-state index in [4.69, 9.17) is 5.73 Å². The smallest absolute Gasteiger partial charge is 0.250 e. The monoisotopic (exact) mass is 398 g/mol. The Morgan fingerprint density at radius 3 is 2.70 bits per heavy atom. The van der Waals surface area contributed by atoms with Gasteiger partial charge in [-0.3, -0.25) is 4.79 Å². The highest BCUT2D eigenvalue weighted by Crippen LogP contribution is 2.42. The third kappa shape index (κ3) is 2.70. The lowest BCUT2D eigenvalue weighted by Crippen LogP contribution is -2.40. The van der Waals surface area contributed by atoms with Crippen molar-refractivity contribution in [2.45, 2.75) is 37.4 Å². The van der Waals surface area contributed by atoms with Crippen LogP contribution in [0.5, 0.6) is 0 Å². The van der Waals surface area contributed by atoms with Gasteiger partial charge in [0.25, 0.3) is 5.91 Å². The average molecular weight is 399 g/mol. The fraction of sp³-hybridized carbons (Fsp3) is 0.438. The summed E-state index contributed by atoms with van der Waals surface area (Å²) in [5.41, 5.74) is 7.65. The summed E-state index contributed by atoms with van der Waals surface area (Å²) in [5.74, 6) is -0.165. The summed E-state index contributed by atoms with van der Waals surface area (Å²) in [6.07, 6.45) is 3.04. The number of carbonyl (C=O) groups is 1. The number of nitrogens with one attached hydrogen (secondary N) is 1. The van der Waals surface area contributed by atoms with Crippen LogP contribution in [0, 0.1) is 0 Å². The number of sulfone groups is 1. The van der Waals surface area contributed by atoms with E-state index in [1.165, 1.54) is 0 Å². The van der Waals surface area contributed by atoms with E-state index in [0.29, 0.717) is 23.9 Å². The molecule has 5 nitrogen and oxygen atoms in total. The Bertz CT molecular complexity index is 899. The Kier molecular flexibility index (Phi) is 3.84. The molecule has 2 aromatic rings. The minimum absolute atomic E-state index is 0.136. The van der Waals surface area contributed by atoms with Crippen molar-refractivity contribution < 1.29 is 13.2 Å². The van der Waals surface area contributed by atoms with Crippen LogP contribution in [-0.4, -0.2) is 29.8 Å². The second-order valence-electron chi connectivity index (χ2n) is 6.75. The first-order chi connectivity index (χ1) is 10.6. The van der Waals surface area contributed by atoms with Crippen LogP contribution in [0.15, 0.2) is 22.8 Å². The van der Waals surface area contributed by atoms with Gasteiger partial charge in [-0.15, -0.1) is 0 Å². The van der Waals surface area contributed by atoms with Crippen molar-refractivity contribution in [2.75, 3.05) is 5.75 Å². The summed E-state index contributed by atoms with van der Waals surface area (Å²) in [7, 11) is -3.06. The summed E-state index contributed by atoms with van der Waals surface area (Å²) in [5, 5.41) is 0.924. The predicted molar refractivity (Wildman–Crippen MR) is 94.4 cm³/mol. The third-order valence-electron chi connectivity index (χ3n) is 4.81. The highest BCUT2D eigenvalue weighted by atomic mass is 79.9. The van der Waals surface area contributed by atoms with Gasteiger partial charge in [0.1, 0.15) is 0 Å². The van der Waals surface area contributed by atoms with E-state index in [1.807, 2.05) is 12.3 Å². The molecular weight excluding hydrogens is 380 g/mol. The topological polar surface area (TPSA) is 93.0 Å². The summed E-state index contributed by atoms with van der Waals surface area (Å²) >= 11 is 3.42. The number of fused-ring (bicyclic) bond motifs is 1. The number of benzene rings is 1. The minimum atomic E-state index is -3.06. The number of hydrogen-bond donors (Lipinski definition) is 2. The maximum Gasteiger partial charge on any atom is 0.250 e. The quantitative estimate of drug-likeness (QED) is 0.813. The number of aromatic amines is 1. The Morgan fingerprint density at radius 1 is 1.39 bits per heavy atom. The summed E-state index contributed by atoms with van der Waals surface area (Å²) < 4.78 is 24.4. The van der Waals surface area contributed by atoms with Crippen LogP contribution in [0.4, 0.5) is 0 Å². The van der Waals surface area contributed by atoms with Crippen molar-refractivity contribution in [1.82, 2.24) is 4.98 Å². The molecule has 1 fully saturated rings. The lowest BCUT2D eigenvalue weighted by molar-refractivity contribution is 0.100. The molecule has 23 heavy (non-hydrogen) atoms. The molecule has 124 valence electrons. The molecule has 1 aromatic carbocycles. The maximum atomic E-state index is 12.2. The molecule has 0 spiro atoms. The van der Waals surface area contributed by atoms with Crippen molar-refractivity contribution in [2.24, 2.45) is 5.73 Å². The van der Waals surface area contributed by atoms with Crippen molar-refractivity contribution in [3.05, 3.63) is 33.9 Å². The van der Waals surface area contributed by atoms with Gasteiger partial charge < -0.3 is 10.7 Å². The number of amides is 1. The molecule has 1 atom stereocenters. The fourth-order valence-electron chi connectivity index (χ4n) is 3.41.